The van der Waals surface area contributed by atoms with Crippen LogP contribution in [0.15, 0.2) is 48.5 Å². The lowest BCUT2D eigenvalue weighted by Crippen LogP contribution is -2.51. The fourth-order valence-corrected chi connectivity index (χ4v) is 5.04. The Balaban J connectivity index is 1.52. The third-order valence-corrected chi connectivity index (χ3v) is 7.09. The molecule has 33 heavy (non-hydrogen) atoms. The van der Waals surface area contributed by atoms with Crippen LogP contribution in [0.3, 0.4) is 0 Å². The Labute approximate surface area is 201 Å². The number of aryl methyl sites for hydroxylation is 1. The van der Waals surface area contributed by atoms with E-state index < -0.39 is 5.41 Å². The first-order chi connectivity index (χ1) is 15.9. The average molecular weight is 469 g/mol. The van der Waals surface area contributed by atoms with E-state index in [1.165, 1.54) is 6.42 Å². The van der Waals surface area contributed by atoms with Crippen molar-refractivity contribution >= 4 is 23.4 Å². The van der Waals surface area contributed by atoms with Crippen molar-refractivity contribution in [1.29, 1.82) is 0 Å². The summed E-state index contributed by atoms with van der Waals surface area (Å²) in [4.78, 5) is 30.4. The Kier molecular flexibility index (Phi) is 7.59. The number of ether oxygens (including phenoxy) is 1. The monoisotopic (exact) mass is 468 g/mol. The molecular formula is C27H33ClN2O3. The lowest BCUT2D eigenvalue weighted by molar-refractivity contribution is -0.136. The van der Waals surface area contributed by atoms with Crippen LogP contribution in [-0.4, -0.2) is 54.4 Å². The first-order valence-electron chi connectivity index (χ1n) is 12.0. The quantitative estimate of drug-likeness (QED) is 0.574. The van der Waals surface area contributed by atoms with Gasteiger partial charge < -0.3 is 14.5 Å². The second-order valence-electron chi connectivity index (χ2n) is 9.56. The number of carbonyl (C=O) groups is 2. The minimum absolute atomic E-state index is 0.0241. The van der Waals surface area contributed by atoms with Crippen molar-refractivity contribution in [3.63, 3.8) is 0 Å². The van der Waals surface area contributed by atoms with Gasteiger partial charge in [-0.05, 0) is 75.4 Å². The van der Waals surface area contributed by atoms with E-state index in [0.717, 1.165) is 50.1 Å². The molecule has 5 nitrogen and oxygen atoms in total. The SMILES string of the molecule is Cc1ccc(C(=O)N2CCCC(COc3ccc(Cl)cc3)(CC(=O)N3CCCCC3)C2)cc1. The minimum atomic E-state index is -0.410. The number of piperidine rings is 2. The largest absolute Gasteiger partial charge is 0.493 e. The van der Waals surface area contributed by atoms with Crippen LogP contribution in [0, 0.1) is 12.3 Å². The summed E-state index contributed by atoms with van der Waals surface area (Å²) in [5.74, 6) is 0.932. The summed E-state index contributed by atoms with van der Waals surface area (Å²) in [5.41, 5.74) is 1.41. The summed E-state index contributed by atoms with van der Waals surface area (Å²) in [6.45, 7) is 5.30. The van der Waals surface area contributed by atoms with Crippen molar-refractivity contribution in [2.75, 3.05) is 32.8 Å². The highest BCUT2D eigenvalue weighted by atomic mass is 35.5. The zero-order valence-electron chi connectivity index (χ0n) is 19.4. The molecule has 0 spiro atoms. The zero-order chi connectivity index (χ0) is 23.3. The first-order valence-corrected chi connectivity index (χ1v) is 12.3. The molecule has 0 N–H and O–H groups in total. The molecule has 176 valence electrons. The molecule has 2 aromatic rings. The van der Waals surface area contributed by atoms with Gasteiger partial charge in [0.25, 0.3) is 5.91 Å². The Bertz CT molecular complexity index is 954. The van der Waals surface area contributed by atoms with Crippen molar-refractivity contribution in [1.82, 2.24) is 9.80 Å². The Hall–Kier alpha value is -2.53. The third kappa shape index (κ3) is 6.08. The molecule has 1 atom stereocenters. The molecule has 2 aliphatic heterocycles. The van der Waals surface area contributed by atoms with E-state index in [-0.39, 0.29) is 11.8 Å². The van der Waals surface area contributed by atoms with Gasteiger partial charge in [-0.25, -0.2) is 0 Å². The van der Waals surface area contributed by atoms with Crippen LogP contribution in [0.1, 0.15) is 54.4 Å². The minimum Gasteiger partial charge on any atom is -0.493 e. The molecule has 2 amide bonds. The van der Waals surface area contributed by atoms with Gasteiger partial charge in [0.05, 0.1) is 6.61 Å². The highest BCUT2D eigenvalue weighted by molar-refractivity contribution is 6.30. The molecule has 0 aliphatic carbocycles. The first kappa shape index (κ1) is 23.6. The van der Waals surface area contributed by atoms with E-state index >= 15 is 0 Å². The van der Waals surface area contributed by atoms with Crippen molar-refractivity contribution in [2.24, 2.45) is 5.41 Å². The highest BCUT2D eigenvalue weighted by Crippen LogP contribution is 2.36. The molecule has 1 unspecified atom stereocenters. The van der Waals surface area contributed by atoms with Gasteiger partial charge in [0.1, 0.15) is 5.75 Å². The van der Waals surface area contributed by atoms with Crippen LogP contribution >= 0.6 is 11.6 Å². The van der Waals surface area contributed by atoms with E-state index in [9.17, 15) is 9.59 Å². The van der Waals surface area contributed by atoms with Gasteiger partial charge in [0.15, 0.2) is 0 Å². The summed E-state index contributed by atoms with van der Waals surface area (Å²) in [6.07, 6.45) is 5.44. The van der Waals surface area contributed by atoms with Crippen LogP contribution in [0.4, 0.5) is 0 Å². The number of amides is 2. The Morgan fingerprint density at radius 3 is 2.27 bits per heavy atom. The van der Waals surface area contributed by atoms with Crippen molar-refractivity contribution in [3.05, 3.63) is 64.7 Å². The van der Waals surface area contributed by atoms with Crippen molar-refractivity contribution in [3.8, 4) is 5.75 Å². The maximum atomic E-state index is 13.3. The number of benzene rings is 2. The maximum Gasteiger partial charge on any atom is 0.253 e. The van der Waals surface area contributed by atoms with Crippen molar-refractivity contribution < 1.29 is 14.3 Å². The summed E-state index contributed by atoms with van der Waals surface area (Å²) < 4.78 is 6.17. The molecule has 2 saturated heterocycles. The molecule has 0 bridgehead atoms. The van der Waals surface area contributed by atoms with Gasteiger partial charge in [-0.15, -0.1) is 0 Å². The predicted molar refractivity (Wildman–Crippen MR) is 131 cm³/mol. The third-order valence-electron chi connectivity index (χ3n) is 6.84. The highest BCUT2D eigenvalue weighted by Gasteiger charge is 2.41. The number of carbonyl (C=O) groups excluding carboxylic acids is 2. The molecule has 0 saturated carbocycles. The lowest BCUT2D eigenvalue weighted by Gasteiger charge is -2.43. The fraction of sp³-hybridized carbons (Fsp3) is 0.481. The summed E-state index contributed by atoms with van der Waals surface area (Å²) in [7, 11) is 0. The number of nitrogens with zero attached hydrogens (tertiary/aromatic N) is 2. The standard InChI is InChI=1S/C27H33ClN2O3/c1-21-6-8-22(9-7-21)26(32)30-17-5-14-27(19-30,18-25(31)29-15-3-2-4-16-29)20-33-24-12-10-23(28)11-13-24/h6-13H,2-5,14-20H2,1H3. The lowest BCUT2D eigenvalue weighted by atomic mass is 9.77. The number of hydrogen-bond acceptors (Lipinski definition) is 3. The second kappa shape index (κ2) is 10.6. The summed E-state index contributed by atoms with van der Waals surface area (Å²) >= 11 is 6.01. The topological polar surface area (TPSA) is 49.9 Å². The molecule has 2 heterocycles. The average Bonchev–Trinajstić information content (AvgIpc) is 2.84. The Morgan fingerprint density at radius 2 is 1.58 bits per heavy atom. The van der Waals surface area contributed by atoms with E-state index in [1.54, 1.807) is 12.1 Å². The molecule has 2 fully saturated rings. The van der Waals surface area contributed by atoms with Gasteiger partial charge >= 0.3 is 0 Å². The van der Waals surface area contributed by atoms with E-state index in [1.807, 2.05) is 53.1 Å². The predicted octanol–water partition coefficient (Wildman–Crippen LogP) is 5.35. The zero-order valence-corrected chi connectivity index (χ0v) is 20.2. The van der Waals surface area contributed by atoms with Crippen molar-refractivity contribution in [2.45, 2.75) is 45.4 Å². The van der Waals surface area contributed by atoms with Gasteiger partial charge in [-0.3, -0.25) is 9.59 Å². The maximum absolute atomic E-state index is 13.3. The molecular weight excluding hydrogens is 436 g/mol. The van der Waals surface area contributed by atoms with Crippen LogP contribution in [0.2, 0.25) is 5.02 Å². The van der Waals surface area contributed by atoms with Crippen LogP contribution in [-0.2, 0) is 4.79 Å². The number of rotatable bonds is 6. The number of halogens is 1. The van der Waals surface area contributed by atoms with Gasteiger partial charge in [0, 0.05) is 48.6 Å². The normalized spacial score (nSPS) is 21.0. The van der Waals surface area contributed by atoms with Crippen LogP contribution < -0.4 is 4.74 Å². The van der Waals surface area contributed by atoms with E-state index in [2.05, 4.69) is 0 Å². The van der Waals surface area contributed by atoms with Crippen LogP contribution in [0.5, 0.6) is 5.75 Å². The molecule has 0 aromatic heterocycles. The van der Waals surface area contributed by atoms with E-state index in [4.69, 9.17) is 16.3 Å². The summed E-state index contributed by atoms with van der Waals surface area (Å²) in [5, 5.41) is 0.657. The Morgan fingerprint density at radius 1 is 0.909 bits per heavy atom. The molecule has 4 rings (SSSR count). The molecule has 2 aromatic carbocycles. The molecule has 6 heteroatoms. The van der Waals surface area contributed by atoms with Gasteiger partial charge in [-0.2, -0.15) is 0 Å². The fourth-order valence-electron chi connectivity index (χ4n) is 4.92. The molecule has 2 aliphatic rings. The number of hydrogen-bond donors (Lipinski definition) is 0. The number of likely N-dealkylation sites (tertiary alicyclic amines) is 2. The van der Waals surface area contributed by atoms with Gasteiger partial charge in [-0.1, -0.05) is 29.3 Å². The van der Waals surface area contributed by atoms with E-state index in [0.29, 0.717) is 36.7 Å². The summed E-state index contributed by atoms with van der Waals surface area (Å²) in [6, 6.07) is 15.0. The van der Waals surface area contributed by atoms with Gasteiger partial charge in [0.2, 0.25) is 5.91 Å². The van der Waals surface area contributed by atoms with Crippen LogP contribution in [0.25, 0.3) is 0 Å². The molecule has 0 radical (unpaired) electrons. The smallest absolute Gasteiger partial charge is 0.253 e. The second-order valence-corrected chi connectivity index (χ2v) is 9.99.